The molecule has 1 heterocycles. The number of aliphatic hydroxyl groups is 2. The van der Waals surface area contributed by atoms with Crippen molar-refractivity contribution in [1.29, 1.82) is 0 Å². The van der Waals surface area contributed by atoms with Crippen LogP contribution in [-0.2, 0) is 42.9 Å². The van der Waals surface area contributed by atoms with Gasteiger partial charge in [0.05, 0.1) is 6.61 Å². The largest absolute Gasteiger partial charge is 0.479 e. The van der Waals surface area contributed by atoms with Gasteiger partial charge in [-0.2, -0.15) is 0 Å². The van der Waals surface area contributed by atoms with E-state index in [0.717, 1.165) is 57.8 Å². The van der Waals surface area contributed by atoms with Gasteiger partial charge in [-0.25, -0.2) is 4.79 Å². The number of aliphatic hydroxyl groups excluding tert-OH is 2. The van der Waals surface area contributed by atoms with Gasteiger partial charge in [0.1, 0.15) is 18.8 Å². The highest BCUT2D eigenvalue weighted by molar-refractivity contribution is 5.74. The summed E-state index contributed by atoms with van der Waals surface area (Å²) >= 11 is 0. The van der Waals surface area contributed by atoms with Crippen LogP contribution in [0.2, 0.25) is 0 Å². The molecule has 1 rings (SSSR count). The molecule has 1 aliphatic rings. The predicted octanol–water partition coefficient (Wildman–Crippen LogP) is 16.7. The fourth-order valence-electron chi connectivity index (χ4n) is 10.3. The third kappa shape index (κ3) is 42.4. The summed E-state index contributed by atoms with van der Waals surface area (Å²) in [5.74, 6) is -3.06. The van der Waals surface area contributed by atoms with E-state index in [9.17, 15) is 34.5 Å². The van der Waals surface area contributed by atoms with Gasteiger partial charge in [-0.15, -0.1) is 0 Å². The second-order valence-electron chi connectivity index (χ2n) is 22.4. The number of hydrogen-bond acceptors (Lipinski definition) is 11. The molecule has 0 radical (unpaired) electrons. The van der Waals surface area contributed by atoms with Crippen molar-refractivity contribution in [2.45, 2.75) is 366 Å². The van der Waals surface area contributed by atoms with Crippen molar-refractivity contribution in [2.24, 2.45) is 0 Å². The molecule has 0 aromatic carbocycles. The molecule has 0 aromatic heterocycles. The summed E-state index contributed by atoms with van der Waals surface area (Å²) in [5.41, 5.74) is 0. The van der Waals surface area contributed by atoms with Crippen molar-refractivity contribution in [3.05, 3.63) is 0 Å². The highest BCUT2D eigenvalue weighted by atomic mass is 16.7. The summed E-state index contributed by atoms with van der Waals surface area (Å²) in [6.07, 6.45) is 44.9. The number of ether oxygens (including phenoxy) is 5. The lowest BCUT2D eigenvalue weighted by atomic mass is 9.98. The number of hydrogen-bond donors (Lipinski definition) is 3. The van der Waals surface area contributed by atoms with Crippen molar-refractivity contribution in [2.75, 3.05) is 13.2 Å². The average Bonchev–Trinajstić information content (AvgIpc) is 3.39. The third-order valence-electron chi connectivity index (χ3n) is 15.2. The quantitative estimate of drug-likeness (QED) is 0.0299. The predicted molar refractivity (Wildman–Crippen MR) is 304 cm³/mol. The molecule has 1 fully saturated rings. The maximum Gasteiger partial charge on any atom is 0.335 e. The summed E-state index contributed by atoms with van der Waals surface area (Å²) in [6.45, 7) is 6.06. The van der Waals surface area contributed by atoms with Gasteiger partial charge in [-0.1, -0.05) is 290 Å². The molecule has 0 spiro atoms. The van der Waals surface area contributed by atoms with Gasteiger partial charge >= 0.3 is 23.9 Å². The molecule has 1 saturated heterocycles. The van der Waals surface area contributed by atoms with Crippen LogP contribution in [0.25, 0.3) is 0 Å². The Labute approximate surface area is 459 Å². The van der Waals surface area contributed by atoms with E-state index in [1.54, 1.807) is 0 Å². The molecule has 0 bridgehead atoms. The molecule has 442 valence electrons. The summed E-state index contributed by atoms with van der Waals surface area (Å²) in [7, 11) is 0. The van der Waals surface area contributed by atoms with Crippen LogP contribution in [-0.4, -0.2) is 89.2 Å². The summed E-state index contributed by atoms with van der Waals surface area (Å²) in [4.78, 5) is 51.2. The third-order valence-corrected chi connectivity index (χ3v) is 15.2. The lowest BCUT2D eigenvalue weighted by molar-refractivity contribution is -0.301. The first kappa shape index (κ1) is 70.7. The highest BCUT2D eigenvalue weighted by Crippen LogP contribution is 2.27. The topological polar surface area (TPSA) is 175 Å². The number of carboxylic acids is 1. The second kappa shape index (κ2) is 52.4. The molecule has 0 saturated carbocycles. The summed E-state index contributed by atoms with van der Waals surface area (Å²) < 4.78 is 28.5. The SMILES string of the molecule is CCCCCCCCCCCCCCCCCCCC(=O)OC1C(OCC(COC(=O)CCCCCCCCCCCCCCCCC)OC(=O)CCCCCCCCCCCCCCC)OC(C(=O)O)C(O)C1O. The van der Waals surface area contributed by atoms with Crippen LogP contribution in [0.5, 0.6) is 0 Å². The first-order chi connectivity index (χ1) is 36.6. The van der Waals surface area contributed by atoms with Crippen LogP contribution < -0.4 is 0 Å². The van der Waals surface area contributed by atoms with Gasteiger partial charge in [0.25, 0.3) is 0 Å². The Kier molecular flexibility index (Phi) is 49.4. The van der Waals surface area contributed by atoms with E-state index >= 15 is 0 Å². The van der Waals surface area contributed by atoms with Crippen molar-refractivity contribution in [3.63, 3.8) is 0 Å². The van der Waals surface area contributed by atoms with E-state index < -0.39 is 67.3 Å². The minimum absolute atomic E-state index is 0.0712. The van der Waals surface area contributed by atoms with E-state index in [2.05, 4.69) is 20.8 Å². The number of carbonyl (C=O) groups is 4. The van der Waals surface area contributed by atoms with Crippen LogP contribution in [0.3, 0.4) is 0 Å². The Morgan fingerprint density at radius 2 is 0.680 bits per heavy atom. The maximum absolute atomic E-state index is 13.2. The number of aliphatic carboxylic acids is 1. The van der Waals surface area contributed by atoms with Crippen molar-refractivity contribution in [3.8, 4) is 0 Å². The molecule has 0 aromatic rings. The highest BCUT2D eigenvalue weighted by Gasteiger charge is 2.50. The molecule has 75 heavy (non-hydrogen) atoms. The Bertz CT molecular complexity index is 1310. The zero-order chi connectivity index (χ0) is 54.7. The van der Waals surface area contributed by atoms with Gasteiger partial charge < -0.3 is 39.0 Å². The van der Waals surface area contributed by atoms with Gasteiger partial charge in [0, 0.05) is 19.3 Å². The van der Waals surface area contributed by atoms with E-state index in [0.29, 0.717) is 19.3 Å². The monoisotopic (exact) mass is 1070 g/mol. The smallest absolute Gasteiger partial charge is 0.335 e. The van der Waals surface area contributed by atoms with Gasteiger partial charge in [-0.05, 0) is 19.3 Å². The minimum atomic E-state index is -1.89. The molecule has 1 aliphatic heterocycles. The Morgan fingerprint density at radius 1 is 0.387 bits per heavy atom. The average molecular weight is 1070 g/mol. The van der Waals surface area contributed by atoms with Gasteiger partial charge in [0.2, 0.25) is 0 Å². The Morgan fingerprint density at radius 3 is 1.00 bits per heavy atom. The zero-order valence-corrected chi connectivity index (χ0v) is 48.8. The molecule has 3 N–H and O–H groups in total. The van der Waals surface area contributed by atoms with E-state index in [1.165, 1.54) is 212 Å². The molecule has 12 nitrogen and oxygen atoms in total. The van der Waals surface area contributed by atoms with Crippen molar-refractivity contribution >= 4 is 23.9 Å². The second-order valence-corrected chi connectivity index (χ2v) is 22.4. The number of carboxylic acid groups (broad SMARTS) is 1. The standard InChI is InChI=1S/C63H118O12/c1-4-7-10-13-16-19-22-25-27-28-30-33-36-39-42-45-48-51-57(66)74-61-59(68)58(67)60(62(69)70)75-63(61)72-53-54(73-56(65)50-47-44-41-38-35-31-24-21-18-15-12-9-6-3)52-71-55(64)49-46-43-40-37-34-32-29-26-23-20-17-14-11-8-5-2/h54,58-61,63,67-68H,4-53H2,1-3H3,(H,69,70). The molecular weight excluding hydrogens is 949 g/mol. The van der Waals surface area contributed by atoms with Crippen LogP contribution in [0.1, 0.15) is 329 Å². The fourth-order valence-corrected chi connectivity index (χ4v) is 10.3. The summed E-state index contributed by atoms with van der Waals surface area (Å²) in [6, 6.07) is 0. The van der Waals surface area contributed by atoms with Crippen LogP contribution in [0.4, 0.5) is 0 Å². The minimum Gasteiger partial charge on any atom is -0.479 e. The number of carbonyl (C=O) groups excluding carboxylic acids is 3. The molecular formula is C63H118O12. The Hall–Kier alpha value is -2.28. The number of unbranched alkanes of at least 4 members (excludes halogenated alkanes) is 42. The van der Waals surface area contributed by atoms with Gasteiger partial charge in [-0.3, -0.25) is 14.4 Å². The first-order valence-electron chi connectivity index (χ1n) is 32.0. The van der Waals surface area contributed by atoms with E-state index in [1.807, 2.05) is 0 Å². The lowest BCUT2D eigenvalue weighted by Crippen LogP contribution is -2.61. The zero-order valence-electron chi connectivity index (χ0n) is 48.8. The Balaban J connectivity index is 2.63. The molecule has 0 amide bonds. The van der Waals surface area contributed by atoms with Crippen LogP contribution in [0.15, 0.2) is 0 Å². The van der Waals surface area contributed by atoms with Crippen LogP contribution in [0, 0.1) is 0 Å². The van der Waals surface area contributed by atoms with Gasteiger partial charge in [0.15, 0.2) is 24.6 Å². The number of rotatable bonds is 56. The fraction of sp³-hybridized carbons (Fsp3) is 0.937. The maximum atomic E-state index is 13.2. The number of esters is 3. The molecule has 12 heteroatoms. The van der Waals surface area contributed by atoms with Crippen LogP contribution >= 0.6 is 0 Å². The van der Waals surface area contributed by atoms with E-state index in [4.69, 9.17) is 23.7 Å². The summed E-state index contributed by atoms with van der Waals surface area (Å²) in [5, 5.41) is 31.5. The van der Waals surface area contributed by atoms with E-state index in [-0.39, 0.29) is 25.9 Å². The molecule has 6 atom stereocenters. The normalized spacial score (nSPS) is 18.0. The molecule has 0 aliphatic carbocycles. The lowest BCUT2D eigenvalue weighted by Gasteiger charge is -2.40. The van der Waals surface area contributed by atoms with Crippen molar-refractivity contribution < 1.29 is 58.2 Å². The van der Waals surface area contributed by atoms with Crippen molar-refractivity contribution in [1.82, 2.24) is 0 Å². The first-order valence-corrected chi connectivity index (χ1v) is 32.0. The molecule has 6 unspecified atom stereocenters.